The van der Waals surface area contributed by atoms with Crippen LogP contribution in [0.2, 0.25) is 0 Å². The lowest BCUT2D eigenvalue weighted by Crippen LogP contribution is -2.06. The fraction of sp³-hybridized carbons (Fsp3) is 0.0714. The van der Waals surface area contributed by atoms with Crippen molar-refractivity contribution in [2.45, 2.75) is 5.25 Å². The third kappa shape index (κ3) is 2.50. The Hall–Kier alpha value is -1.74. The summed E-state index contributed by atoms with van der Waals surface area (Å²) in [5.41, 5.74) is 2.63. The fourth-order valence-corrected chi connectivity index (χ4v) is 1.97. The van der Waals surface area contributed by atoms with E-state index in [9.17, 15) is 4.79 Å². The van der Waals surface area contributed by atoms with Crippen LogP contribution in [0.3, 0.4) is 0 Å². The van der Waals surface area contributed by atoms with Crippen LogP contribution in [0.5, 0.6) is 0 Å². The lowest BCUT2D eigenvalue weighted by atomic mass is 9.97. The summed E-state index contributed by atoms with van der Waals surface area (Å²) in [7, 11) is 0. The van der Waals surface area contributed by atoms with Gasteiger partial charge in [0.1, 0.15) is 5.25 Å². The summed E-state index contributed by atoms with van der Waals surface area (Å²) in [5.74, 6) is -0.934. The number of carboxylic acids is 1. The molecule has 86 valence electrons. The number of thiol groups is 1. The van der Waals surface area contributed by atoms with Crippen LogP contribution in [-0.4, -0.2) is 11.1 Å². The molecule has 2 aromatic rings. The Labute approximate surface area is 105 Å². The van der Waals surface area contributed by atoms with Crippen molar-refractivity contribution in [3.63, 3.8) is 0 Å². The van der Waals surface area contributed by atoms with Crippen molar-refractivity contribution in [3.8, 4) is 11.1 Å². The molecule has 0 saturated heterocycles. The largest absolute Gasteiger partial charge is 0.480 e. The molecular formula is C14H12O2S. The molecule has 17 heavy (non-hydrogen) atoms. The maximum Gasteiger partial charge on any atom is 0.320 e. The Morgan fingerprint density at radius 2 is 1.59 bits per heavy atom. The Kier molecular flexibility index (Phi) is 3.49. The molecule has 0 aliphatic rings. The number of rotatable bonds is 3. The van der Waals surface area contributed by atoms with Gasteiger partial charge in [-0.3, -0.25) is 4.79 Å². The molecule has 1 N–H and O–H groups in total. The topological polar surface area (TPSA) is 37.3 Å². The van der Waals surface area contributed by atoms with Gasteiger partial charge in [0.2, 0.25) is 0 Å². The lowest BCUT2D eigenvalue weighted by molar-refractivity contribution is -0.136. The zero-order valence-corrected chi connectivity index (χ0v) is 9.97. The van der Waals surface area contributed by atoms with Crippen molar-refractivity contribution in [3.05, 3.63) is 60.2 Å². The molecule has 0 aromatic heterocycles. The van der Waals surface area contributed by atoms with E-state index < -0.39 is 11.2 Å². The molecule has 0 saturated carbocycles. The number of hydrogen-bond acceptors (Lipinski definition) is 2. The minimum absolute atomic E-state index is 0.717. The SMILES string of the molecule is O=C(O)C(S)c1ccccc1-c1ccccc1. The van der Waals surface area contributed by atoms with Crippen LogP contribution in [0.25, 0.3) is 11.1 Å². The Balaban J connectivity index is 2.52. The Morgan fingerprint density at radius 3 is 2.24 bits per heavy atom. The number of benzene rings is 2. The van der Waals surface area contributed by atoms with Gasteiger partial charge in [-0.1, -0.05) is 54.6 Å². The van der Waals surface area contributed by atoms with Crippen molar-refractivity contribution in [2.75, 3.05) is 0 Å². The van der Waals surface area contributed by atoms with Gasteiger partial charge in [-0.25, -0.2) is 0 Å². The van der Waals surface area contributed by atoms with Gasteiger partial charge in [0.05, 0.1) is 0 Å². The second-order valence-corrected chi connectivity index (χ2v) is 4.21. The first-order chi connectivity index (χ1) is 8.20. The molecule has 0 aliphatic carbocycles. The van der Waals surface area contributed by atoms with Gasteiger partial charge in [-0.2, -0.15) is 12.6 Å². The quantitative estimate of drug-likeness (QED) is 0.812. The maximum atomic E-state index is 11.0. The number of aliphatic carboxylic acids is 1. The molecule has 0 fully saturated rings. The second kappa shape index (κ2) is 5.06. The minimum Gasteiger partial charge on any atom is -0.480 e. The van der Waals surface area contributed by atoms with E-state index in [1.165, 1.54) is 0 Å². The van der Waals surface area contributed by atoms with Gasteiger partial charge in [-0.15, -0.1) is 0 Å². The third-order valence-electron chi connectivity index (χ3n) is 2.57. The monoisotopic (exact) mass is 244 g/mol. The first-order valence-electron chi connectivity index (χ1n) is 5.25. The summed E-state index contributed by atoms with van der Waals surface area (Å²) in [6, 6.07) is 17.2. The van der Waals surface area contributed by atoms with Crippen LogP contribution in [-0.2, 0) is 4.79 Å². The van der Waals surface area contributed by atoms with Gasteiger partial charge in [0.15, 0.2) is 0 Å². The van der Waals surface area contributed by atoms with Gasteiger partial charge >= 0.3 is 5.97 Å². The molecule has 3 heteroatoms. The van der Waals surface area contributed by atoms with Crippen LogP contribution in [0.1, 0.15) is 10.8 Å². The molecule has 1 atom stereocenters. The Bertz CT molecular complexity index is 523. The summed E-state index contributed by atoms with van der Waals surface area (Å²) in [5, 5.41) is 8.23. The highest BCUT2D eigenvalue weighted by molar-refractivity contribution is 7.81. The molecule has 2 rings (SSSR count). The normalized spacial score (nSPS) is 12.1. The Morgan fingerprint density at radius 1 is 1.00 bits per heavy atom. The molecule has 0 amide bonds. The molecule has 0 spiro atoms. The highest BCUT2D eigenvalue weighted by Gasteiger charge is 2.18. The van der Waals surface area contributed by atoms with Crippen LogP contribution in [0.4, 0.5) is 0 Å². The van der Waals surface area contributed by atoms with E-state index in [1.54, 1.807) is 6.07 Å². The summed E-state index contributed by atoms with van der Waals surface area (Å²) < 4.78 is 0. The highest BCUT2D eigenvalue weighted by Crippen LogP contribution is 2.31. The maximum absolute atomic E-state index is 11.0. The number of hydrogen-bond donors (Lipinski definition) is 2. The van der Waals surface area contributed by atoms with Gasteiger partial charge in [0.25, 0.3) is 0 Å². The summed E-state index contributed by atoms with van der Waals surface area (Å²) in [6.45, 7) is 0. The van der Waals surface area contributed by atoms with Crippen LogP contribution in [0, 0.1) is 0 Å². The van der Waals surface area contributed by atoms with E-state index in [0.717, 1.165) is 16.7 Å². The van der Waals surface area contributed by atoms with Crippen molar-refractivity contribution in [2.24, 2.45) is 0 Å². The van der Waals surface area contributed by atoms with E-state index >= 15 is 0 Å². The molecular weight excluding hydrogens is 232 g/mol. The zero-order valence-electron chi connectivity index (χ0n) is 9.08. The molecule has 0 bridgehead atoms. The predicted molar refractivity (Wildman–Crippen MR) is 71.2 cm³/mol. The lowest BCUT2D eigenvalue weighted by Gasteiger charge is -2.12. The average molecular weight is 244 g/mol. The molecule has 0 heterocycles. The summed E-state index contributed by atoms with van der Waals surface area (Å²) in [4.78, 5) is 11.0. The van der Waals surface area contributed by atoms with Crippen LogP contribution >= 0.6 is 12.6 Å². The number of carboxylic acid groups (broad SMARTS) is 1. The van der Waals surface area contributed by atoms with Crippen molar-refractivity contribution >= 4 is 18.6 Å². The first kappa shape index (κ1) is 11.7. The highest BCUT2D eigenvalue weighted by atomic mass is 32.1. The smallest absolute Gasteiger partial charge is 0.320 e. The number of carbonyl (C=O) groups is 1. The zero-order chi connectivity index (χ0) is 12.3. The summed E-state index contributed by atoms with van der Waals surface area (Å²) in [6.07, 6.45) is 0. The predicted octanol–water partition coefficient (Wildman–Crippen LogP) is 3.41. The minimum atomic E-state index is -0.934. The first-order valence-corrected chi connectivity index (χ1v) is 5.77. The van der Waals surface area contributed by atoms with E-state index in [-0.39, 0.29) is 0 Å². The third-order valence-corrected chi connectivity index (χ3v) is 3.07. The van der Waals surface area contributed by atoms with Crippen molar-refractivity contribution < 1.29 is 9.90 Å². The van der Waals surface area contributed by atoms with Crippen molar-refractivity contribution in [1.82, 2.24) is 0 Å². The van der Waals surface area contributed by atoms with E-state index in [4.69, 9.17) is 5.11 Å². The fourth-order valence-electron chi connectivity index (χ4n) is 1.75. The molecule has 1 unspecified atom stereocenters. The summed E-state index contributed by atoms with van der Waals surface area (Å²) >= 11 is 4.13. The van der Waals surface area contributed by atoms with E-state index in [1.807, 2.05) is 48.5 Å². The molecule has 2 nitrogen and oxygen atoms in total. The van der Waals surface area contributed by atoms with E-state index in [0.29, 0.717) is 0 Å². The second-order valence-electron chi connectivity index (χ2n) is 3.69. The molecule has 0 aliphatic heterocycles. The van der Waals surface area contributed by atoms with E-state index in [2.05, 4.69) is 12.6 Å². The van der Waals surface area contributed by atoms with Crippen LogP contribution in [0.15, 0.2) is 54.6 Å². The van der Waals surface area contributed by atoms with Crippen molar-refractivity contribution in [1.29, 1.82) is 0 Å². The standard InChI is InChI=1S/C14H12O2S/c15-14(16)13(17)12-9-5-4-8-11(12)10-6-2-1-3-7-10/h1-9,13,17H,(H,15,16). The van der Waals surface area contributed by atoms with Gasteiger partial charge in [-0.05, 0) is 16.7 Å². The molecule has 2 aromatic carbocycles. The van der Waals surface area contributed by atoms with Gasteiger partial charge in [0, 0.05) is 0 Å². The molecule has 0 radical (unpaired) electrons. The van der Waals surface area contributed by atoms with Gasteiger partial charge < -0.3 is 5.11 Å². The average Bonchev–Trinajstić information content (AvgIpc) is 2.39. The van der Waals surface area contributed by atoms with Crippen LogP contribution < -0.4 is 0 Å².